The van der Waals surface area contributed by atoms with Crippen LogP contribution < -0.4 is 10.6 Å². The first-order valence-corrected chi connectivity index (χ1v) is 7.21. The van der Waals surface area contributed by atoms with Gasteiger partial charge in [0.25, 0.3) is 6.43 Å². The maximum Gasteiger partial charge on any atom is 0.257 e. The molecule has 1 atom stereocenters. The summed E-state index contributed by atoms with van der Waals surface area (Å²) in [5.41, 5.74) is 0. The molecule has 0 aliphatic carbocycles. The Balaban J connectivity index is 0.00000361. The minimum absolute atomic E-state index is 0. The van der Waals surface area contributed by atoms with E-state index in [1.165, 1.54) is 9.75 Å². The maximum absolute atomic E-state index is 12.2. The van der Waals surface area contributed by atoms with Crippen molar-refractivity contribution in [1.82, 2.24) is 10.6 Å². The molecule has 1 aromatic heterocycles. The van der Waals surface area contributed by atoms with Crippen LogP contribution in [0.1, 0.15) is 23.6 Å². The van der Waals surface area contributed by atoms with Crippen LogP contribution in [0.2, 0.25) is 0 Å². The summed E-state index contributed by atoms with van der Waals surface area (Å²) in [4.78, 5) is 6.41. The molecule has 0 fully saturated rings. The molecule has 0 aromatic carbocycles. The molecule has 20 heavy (non-hydrogen) atoms. The van der Waals surface area contributed by atoms with Crippen molar-refractivity contribution in [3.8, 4) is 0 Å². The van der Waals surface area contributed by atoms with Crippen LogP contribution in [-0.4, -0.2) is 31.5 Å². The third-order valence-corrected chi connectivity index (χ3v) is 3.44. The lowest BCUT2D eigenvalue weighted by Crippen LogP contribution is -2.43. The van der Waals surface area contributed by atoms with E-state index >= 15 is 0 Å². The molecule has 0 aliphatic rings. The number of aliphatic imine (C=N–C) groups is 1. The molecular formula is C13H22F2IN3S. The van der Waals surface area contributed by atoms with Crippen molar-refractivity contribution in [2.45, 2.75) is 39.7 Å². The summed E-state index contributed by atoms with van der Waals surface area (Å²) < 4.78 is 24.3. The molecule has 1 rings (SSSR count). The standard InChI is InChI=1S/C13H21F2N3S.HI/c1-4-16-13(17-8-12(14)15)18-9(2)7-11-6-5-10(3)19-11;/h5-6,9,12H,4,7-8H2,1-3H3,(H2,16,17,18);1H. The average Bonchev–Trinajstić information content (AvgIpc) is 2.71. The minimum atomic E-state index is -2.41. The minimum Gasteiger partial charge on any atom is -0.357 e. The van der Waals surface area contributed by atoms with Gasteiger partial charge in [-0.3, -0.25) is 0 Å². The topological polar surface area (TPSA) is 36.4 Å². The van der Waals surface area contributed by atoms with Gasteiger partial charge >= 0.3 is 0 Å². The van der Waals surface area contributed by atoms with Gasteiger partial charge in [0.05, 0.1) is 0 Å². The van der Waals surface area contributed by atoms with Gasteiger partial charge in [0.2, 0.25) is 0 Å². The van der Waals surface area contributed by atoms with Gasteiger partial charge in [-0.15, -0.1) is 35.3 Å². The largest absolute Gasteiger partial charge is 0.357 e. The van der Waals surface area contributed by atoms with Crippen molar-refractivity contribution in [2.75, 3.05) is 13.1 Å². The van der Waals surface area contributed by atoms with Crippen LogP contribution in [0.4, 0.5) is 8.78 Å². The second kappa shape index (κ2) is 10.3. The highest BCUT2D eigenvalue weighted by molar-refractivity contribution is 14.0. The van der Waals surface area contributed by atoms with Gasteiger partial charge < -0.3 is 10.6 Å². The number of alkyl halides is 2. The Morgan fingerprint density at radius 1 is 1.40 bits per heavy atom. The summed E-state index contributed by atoms with van der Waals surface area (Å²) in [6.07, 6.45) is -1.55. The quantitative estimate of drug-likeness (QED) is 0.423. The van der Waals surface area contributed by atoms with Crippen molar-refractivity contribution < 1.29 is 8.78 Å². The molecule has 0 amide bonds. The normalized spacial score (nSPS) is 13.0. The number of rotatable bonds is 6. The zero-order valence-electron chi connectivity index (χ0n) is 12.0. The molecule has 116 valence electrons. The molecule has 3 nitrogen and oxygen atoms in total. The Morgan fingerprint density at radius 3 is 2.60 bits per heavy atom. The Kier molecular flexibility index (Phi) is 10.1. The number of hydrogen-bond acceptors (Lipinski definition) is 2. The van der Waals surface area contributed by atoms with Crippen LogP contribution in [0.25, 0.3) is 0 Å². The molecule has 0 bridgehead atoms. The lowest BCUT2D eigenvalue weighted by Gasteiger charge is -2.17. The molecule has 1 aromatic rings. The maximum atomic E-state index is 12.2. The number of thiophene rings is 1. The van der Waals surface area contributed by atoms with E-state index in [2.05, 4.69) is 34.7 Å². The third kappa shape index (κ3) is 7.98. The van der Waals surface area contributed by atoms with Crippen molar-refractivity contribution in [1.29, 1.82) is 0 Å². The molecule has 0 spiro atoms. The summed E-state index contributed by atoms with van der Waals surface area (Å²) in [5, 5.41) is 6.11. The van der Waals surface area contributed by atoms with E-state index in [1.807, 2.05) is 13.8 Å². The molecule has 1 unspecified atom stereocenters. The van der Waals surface area contributed by atoms with Gasteiger partial charge in [-0.25, -0.2) is 13.8 Å². The number of nitrogens with zero attached hydrogens (tertiary/aromatic N) is 1. The molecular weight excluding hydrogens is 395 g/mol. The average molecular weight is 417 g/mol. The molecule has 1 heterocycles. The number of halogens is 3. The van der Waals surface area contributed by atoms with E-state index in [4.69, 9.17) is 0 Å². The van der Waals surface area contributed by atoms with Gasteiger partial charge in [-0.2, -0.15) is 0 Å². The summed E-state index contributed by atoms with van der Waals surface area (Å²) >= 11 is 1.75. The zero-order chi connectivity index (χ0) is 14.3. The van der Waals surface area contributed by atoms with Crippen molar-refractivity contribution in [3.63, 3.8) is 0 Å². The monoisotopic (exact) mass is 417 g/mol. The fourth-order valence-corrected chi connectivity index (χ4v) is 2.68. The SMILES string of the molecule is CCNC(=NCC(F)F)NC(C)Cc1ccc(C)s1.I. The Labute approximate surface area is 140 Å². The highest BCUT2D eigenvalue weighted by Crippen LogP contribution is 2.16. The highest BCUT2D eigenvalue weighted by Gasteiger charge is 2.08. The molecule has 0 aliphatic heterocycles. The van der Waals surface area contributed by atoms with Crippen LogP contribution in [0.5, 0.6) is 0 Å². The highest BCUT2D eigenvalue weighted by atomic mass is 127. The fourth-order valence-electron chi connectivity index (χ4n) is 1.66. The van der Waals surface area contributed by atoms with Crippen LogP contribution >= 0.6 is 35.3 Å². The Morgan fingerprint density at radius 2 is 2.10 bits per heavy atom. The first-order valence-electron chi connectivity index (χ1n) is 6.39. The first kappa shape index (κ1) is 19.6. The van der Waals surface area contributed by atoms with Crippen LogP contribution in [-0.2, 0) is 6.42 Å². The number of aryl methyl sites for hydroxylation is 1. The van der Waals surface area contributed by atoms with Crippen LogP contribution in [0, 0.1) is 6.92 Å². The number of nitrogens with one attached hydrogen (secondary N) is 2. The number of guanidine groups is 1. The van der Waals surface area contributed by atoms with Gasteiger partial charge in [-0.05, 0) is 32.9 Å². The second-order valence-electron chi connectivity index (χ2n) is 4.37. The van der Waals surface area contributed by atoms with E-state index in [0.717, 1.165) is 6.42 Å². The summed E-state index contributed by atoms with van der Waals surface area (Å²) in [5.74, 6) is 0.448. The lowest BCUT2D eigenvalue weighted by atomic mass is 10.2. The predicted molar refractivity (Wildman–Crippen MR) is 92.8 cm³/mol. The molecule has 0 saturated carbocycles. The van der Waals surface area contributed by atoms with E-state index in [0.29, 0.717) is 12.5 Å². The smallest absolute Gasteiger partial charge is 0.257 e. The van der Waals surface area contributed by atoms with Crippen molar-refractivity contribution >= 4 is 41.3 Å². The molecule has 2 N–H and O–H groups in total. The van der Waals surface area contributed by atoms with E-state index in [1.54, 1.807) is 11.3 Å². The van der Waals surface area contributed by atoms with Crippen molar-refractivity contribution in [2.24, 2.45) is 4.99 Å². The zero-order valence-corrected chi connectivity index (χ0v) is 15.1. The third-order valence-electron chi connectivity index (χ3n) is 2.42. The van der Waals surface area contributed by atoms with E-state index in [-0.39, 0.29) is 30.0 Å². The summed E-state index contributed by atoms with van der Waals surface area (Å²) in [7, 11) is 0. The fraction of sp³-hybridized carbons (Fsp3) is 0.615. The Bertz CT molecular complexity index is 410. The van der Waals surface area contributed by atoms with Crippen LogP contribution in [0.15, 0.2) is 17.1 Å². The predicted octanol–water partition coefficient (Wildman–Crippen LogP) is 3.43. The van der Waals surface area contributed by atoms with Crippen LogP contribution in [0.3, 0.4) is 0 Å². The molecule has 0 saturated heterocycles. The molecule has 0 radical (unpaired) electrons. The van der Waals surface area contributed by atoms with Gasteiger partial charge in [0.15, 0.2) is 5.96 Å². The van der Waals surface area contributed by atoms with Gasteiger partial charge in [0, 0.05) is 28.8 Å². The Hall–Kier alpha value is -0.440. The van der Waals surface area contributed by atoms with Crippen molar-refractivity contribution in [3.05, 3.63) is 21.9 Å². The summed E-state index contributed by atoms with van der Waals surface area (Å²) in [6.45, 7) is 6.18. The van der Waals surface area contributed by atoms with E-state index < -0.39 is 13.0 Å². The molecule has 7 heteroatoms. The summed E-state index contributed by atoms with van der Waals surface area (Å²) in [6, 6.07) is 4.33. The van der Waals surface area contributed by atoms with E-state index in [9.17, 15) is 8.78 Å². The van der Waals surface area contributed by atoms with Gasteiger partial charge in [-0.1, -0.05) is 0 Å². The first-order chi connectivity index (χ1) is 9.01. The second-order valence-corrected chi connectivity index (χ2v) is 5.75. The lowest BCUT2D eigenvalue weighted by molar-refractivity contribution is 0.158. The van der Waals surface area contributed by atoms with Gasteiger partial charge in [0.1, 0.15) is 6.54 Å². The number of hydrogen-bond donors (Lipinski definition) is 2.